The Morgan fingerprint density at radius 2 is 2.29 bits per heavy atom. The zero-order valence-electron chi connectivity index (χ0n) is 10.1. The lowest BCUT2D eigenvalue weighted by Gasteiger charge is -2.22. The number of hydrogen-bond acceptors (Lipinski definition) is 3. The number of aromatic nitrogens is 1. The number of hydrogen-bond donors (Lipinski definition) is 0. The summed E-state index contributed by atoms with van der Waals surface area (Å²) in [5.74, 6) is 2.85. The summed E-state index contributed by atoms with van der Waals surface area (Å²) in [7, 11) is 1.71. The molecule has 0 aliphatic carbocycles. The SMILES string of the molecule is COc1ccc2ncc3c(c2c1)CC(C)CS3. The van der Waals surface area contributed by atoms with Crippen LogP contribution in [0.4, 0.5) is 0 Å². The van der Waals surface area contributed by atoms with E-state index in [0.29, 0.717) is 0 Å². The van der Waals surface area contributed by atoms with Gasteiger partial charge in [-0.3, -0.25) is 4.98 Å². The molecule has 1 unspecified atom stereocenters. The zero-order chi connectivity index (χ0) is 11.8. The highest BCUT2D eigenvalue weighted by Crippen LogP contribution is 2.37. The van der Waals surface area contributed by atoms with Crippen LogP contribution in [0.2, 0.25) is 0 Å². The van der Waals surface area contributed by atoms with Crippen LogP contribution in [0.1, 0.15) is 12.5 Å². The van der Waals surface area contributed by atoms with E-state index in [-0.39, 0.29) is 0 Å². The maximum atomic E-state index is 5.31. The molecular formula is C14H15NOS. The number of rotatable bonds is 1. The fourth-order valence-electron chi connectivity index (χ4n) is 2.31. The predicted octanol–water partition coefficient (Wildman–Crippen LogP) is 3.53. The van der Waals surface area contributed by atoms with Gasteiger partial charge >= 0.3 is 0 Å². The van der Waals surface area contributed by atoms with Crippen LogP contribution >= 0.6 is 11.8 Å². The monoisotopic (exact) mass is 245 g/mol. The number of nitrogens with zero attached hydrogens (tertiary/aromatic N) is 1. The molecular weight excluding hydrogens is 230 g/mol. The molecule has 1 aromatic heterocycles. The first-order valence-electron chi connectivity index (χ1n) is 5.86. The topological polar surface area (TPSA) is 22.1 Å². The molecule has 2 nitrogen and oxygen atoms in total. The minimum absolute atomic E-state index is 0.740. The second kappa shape index (κ2) is 4.22. The third-order valence-corrected chi connectivity index (χ3v) is 4.62. The number of fused-ring (bicyclic) bond motifs is 3. The molecule has 0 N–H and O–H groups in total. The van der Waals surface area contributed by atoms with Crippen molar-refractivity contribution < 1.29 is 4.74 Å². The van der Waals surface area contributed by atoms with Gasteiger partial charge in [-0.1, -0.05) is 6.92 Å². The van der Waals surface area contributed by atoms with Crippen molar-refractivity contribution in [3.63, 3.8) is 0 Å². The van der Waals surface area contributed by atoms with Crippen LogP contribution in [-0.2, 0) is 6.42 Å². The Hall–Kier alpha value is -1.22. The summed E-state index contributed by atoms with van der Waals surface area (Å²) in [4.78, 5) is 5.86. The molecule has 0 amide bonds. The van der Waals surface area contributed by atoms with Gasteiger partial charge in [-0.15, -0.1) is 11.8 Å². The van der Waals surface area contributed by atoms with Crippen molar-refractivity contribution in [3.05, 3.63) is 30.0 Å². The quantitative estimate of drug-likeness (QED) is 0.767. The summed E-state index contributed by atoms with van der Waals surface area (Å²) in [6.07, 6.45) is 3.16. The highest BCUT2D eigenvalue weighted by Gasteiger charge is 2.18. The third-order valence-electron chi connectivity index (χ3n) is 3.22. The van der Waals surface area contributed by atoms with E-state index >= 15 is 0 Å². The molecule has 1 atom stereocenters. The second-order valence-electron chi connectivity index (χ2n) is 4.60. The van der Waals surface area contributed by atoms with Gasteiger partial charge in [0.2, 0.25) is 0 Å². The standard InChI is InChI=1S/C14H15NOS/c1-9-5-12-11-6-10(16-2)3-4-13(11)15-7-14(12)17-8-9/h3-4,6-7,9H,5,8H2,1-2H3. The minimum atomic E-state index is 0.740. The summed E-state index contributed by atoms with van der Waals surface area (Å²) >= 11 is 1.92. The maximum Gasteiger partial charge on any atom is 0.119 e. The van der Waals surface area contributed by atoms with Gasteiger partial charge in [-0.05, 0) is 36.1 Å². The molecule has 0 saturated heterocycles. The van der Waals surface area contributed by atoms with Crippen LogP contribution < -0.4 is 4.74 Å². The molecule has 1 aliphatic rings. The molecule has 0 radical (unpaired) electrons. The van der Waals surface area contributed by atoms with Gasteiger partial charge in [-0.25, -0.2) is 0 Å². The van der Waals surface area contributed by atoms with Crippen molar-refractivity contribution >= 4 is 22.7 Å². The highest BCUT2D eigenvalue weighted by atomic mass is 32.2. The Balaban J connectivity index is 2.24. The van der Waals surface area contributed by atoms with Crippen molar-refractivity contribution in [1.29, 1.82) is 0 Å². The van der Waals surface area contributed by atoms with E-state index in [1.165, 1.54) is 21.6 Å². The molecule has 3 heteroatoms. The minimum Gasteiger partial charge on any atom is -0.497 e. The Morgan fingerprint density at radius 3 is 3.12 bits per heavy atom. The summed E-state index contributed by atoms with van der Waals surface area (Å²) in [6.45, 7) is 2.31. The van der Waals surface area contributed by atoms with Gasteiger partial charge in [0.15, 0.2) is 0 Å². The second-order valence-corrected chi connectivity index (χ2v) is 5.67. The van der Waals surface area contributed by atoms with E-state index in [9.17, 15) is 0 Å². The molecule has 88 valence electrons. The van der Waals surface area contributed by atoms with Crippen LogP contribution in [0.3, 0.4) is 0 Å². The van der Waals surface area contributed by atoms with Gasteiger partial charge in [0.1, 0.15) is 5.75 Å². The molecule has 0 bridgehead atoms. The number of ether oxygens (including phenoxy) is 1. The molecule has 1 aromatic carbocycles. The summed E-state index contributed by atoms with van der Waals surface area (Å²) < 4.78 is 5.31. The van der Waals surface area contributed by atoms with Gasteiger partial charge in [-0.2, -0.15) is 0 Å². The van der Waals surface area contributed by atoms with E-state index in [1.807, 2.05) is 30.1 Å². The first kappa shape index (κ1) is 10.9. The number of thioether (sulfide) groups is 1. The maximum absolute atomic E-state index is 5.31. The van der Waals surface area contributed by atoms with Crippen molar-refractivity contribution in [2.75, 3.05) is 12.9 Å². The lowest BCUT2D eigenvalue weighted by molar-refractivity contribution is 0.415. The summed E-state index contributed by atoms with van der Waals surface area (Å²) in [5.41, 5.74) is 2.51. The molecule has 2 aromatic rings. The largest absolute Gasteiger partial charge is 0.497 e. The van der Waals surface area contributed by atoms with Crippen LogP contribution in [0.25, 0.3) is 10.9 Å². The molecule has 0 spiro atoms. The van der Waals surface area contributed by atoms with E-state index in [4.69, 9.17) is 4.74 Å². The molecule has 2 heterocycles. The first-order valence-corrected chi connectivity index (χ1v) is 6.85. The Labute approximate surface area is 105 Å². The van der Waals surface area contributed by atoms with E-state index in [0.717, 1.165) is 23.6 Å². The predicted molar refractivity (Wildman–Crippen MR) is 71.9 cm³/mol. The van der Waals surface area contributed by atoms with Crippen LogP contribution in [0.15, 0.2) is 29.3 Å². The first-order chi connectivity index (χ1) is 8.28. The summed E-state index contributed by atoms with van der Waals surface area (Å²) in [5, 5.41) is 1.25. The van der Waals surface area contributed by atoms with Crippen molar-refractivity contribution in [1.82, 2.24) is 4.98 Å². The van der Waals surface area contributed by atoms with E-state index in [2.05, 4.69) is 18.0 Å². The average Bonchev–Trinajstić information content (AvgIpc) is 2.38. The molecule has 1 aliphatic heterocycles. The number of methoxy groups -OCH3 is 1. The van der Waals surface area contributed by atoms with Crippen molar-refractivity contribution in [3.8, 4) is 5.75 Å². The molecule has 0 fully saturated rings. The van der Waals surface area contributed by atoms with Gasteiger partial charge in [0.05, 0.1) is 12.6 Å². The van der Waals surface area contributed by atoms with Gasteiger partial charge < -0.3 is 4.74 Å². The Kier molecular flexibility index (Phi) is 2.71. The number of pyridine rings is 1. The van der Waals surface area contributed by atoms with E-state index < -0.39 is 0 Å². The highest BCUT2D eigenvalue weighted by molar-refractivity contribution is 7.99. The zero-order valence-corrected chi connectivity index (χ0v) is 10.9. The fourth-order valence-corrected chi connectivity index (χ4v) is 3.39. The molecule has 17 heavy (non-hydrogen) atoms. The fraction of sp³-hybridized carbons (Fsp3) is 0.357. The lowest BCUT2D eigenvalue weighted by Crippen LogP contribution is -2.10. The molecule has 3 rings (SSSR count). The average molecular weight is 245 g/mol. The van der Waals surface area contributed by atoms with Gasteiger partial charge in [0, 0.05) is 22.2 Å². The normalized spacial score (nSPS) is 19.1. The van der Waals surface area contributed by atoms with Gasteiger partial charge in [0.25, 0.3) is 0 Å². The van der Waals surface area contributed by atoms with Crippen LogP contribution in [0.5, 0.6) is 5.75 Å². The van der Waals surface area contributed by atoms with Crippen LogP contribution in [-0.4, -0.2) is 17.8 Å². The Bertz CT molecular complexity index is 562. The number of benzene rings is 1. The third kappa shape index (κ3) is 1.89. The van der Waals surface area contributed by atoms with Crippen molar-refractivity contribution in [2.24, 2.45) is 5.92 Å². The molecule has 0 saturated carbocycles. The Morgan fingerprint density at radius 1 is 1.41 bits per heavy atom. The smallest absolute Gasteiger partial charge is 0.119 e. The van der Waals surface area contributed by atoms with Crippen LogP contribution in [0, 0.1) is 5.92 Å². The van der Waals surface area contributed by atoms with Crippen molar-refractivity contribution in [2.45, 2.75) is 18.2 Å². The lowest BCUT2D eigenvalue weighted by atomic mass is 9.98. The summed E-state index contributed by atoms with van der Waals surface area (Å²) in [6, 6.07) is 6.12. The van der Waals surface area contributed by atoms with E-state index in [1.54, 1.807) is 7.11 Å².